The molecule has 4 nitrogen and oxygen atoms in total. The summed E-state index contributed by atoms with van der Waals surface area (Å²) in [4.78, 5) is 11.4. The lowest BCUT2D eigenvalue weighted by Crippen LogP contribution is -2.44. The van der Waals surface area contributed by atoms with Gasteiger partial charge in [-0.05, 0) is 6.42 Å². The first-order chi connectivity index (χ1) is 6.83. The van der Waals surface area contributed by atoms with Crippen LogP contribution in [0.3, 0.4) is 0 Å². The first-order valence-electron chi connectivity index (χ1n) is 5.40. The fourth-order valence-electron chi connectivity index (χ4n) is 1.45. The zero-order valence-electron chi connectivity index (χ0n) is 8.84. The number of amides is 1. The highest BCUT2D eigenvalue weighted by Crippen LogP contribution is 1.98. The van der Waals surface area contributed by atoms with Crippen molar-refractivity contribution in [1.29, 1.82) is 0 Å². The van der Waals surface area contributed by atoms with Crippen LogP contribution in [0.2, 0.25) is 0 Å². The number of morpholine rings is 1. The predicted molar refractivity (Wildman–Crippen MR) is 55.1 cm³/mol. The van der Waals surface area contributed by atoms with Gasteiger partial charge in [-0.25, -0.2) is 0 Å². The Morgan fingerprint density at radius 2 is 2.50 bits per heavy atom. The third-order valence-electron chi connectivity index (χ3n) is 2.28. The van der Waals surface area contributed by atoms with E-state index in [1.165, 1.54) is 0 Å². The van der Waals surface area contributed by atoms with Crippen LogP contribution in [-0.4, -0.2) is 38.3 Å². The maximum absolute atomic E-state index is 11.4. The molecule has 1 amide bonds. The highest BCUT2D eigenvalue weighted by Gasteiger charge is 2.16. The van der Waals surface area contributed by atoms with E-state index in [0.717, 1.165) is 32.5 Å². The summed E-state index contributed by atoms with van der Waals surface area (Å²) >= 11 is 0. The quantitative estimate of drug-likeness (QED) is 0.627. The molecule has 1 aliphatic heterocycles. The smallest absolute Gasteiger partial charge is 0.221 e. The van der Waals surface area contributed by atoms with Gasteiger partial charge in [0.25, 0.3) is 0 Å². The van der Waals surface area contributed by atoms with Gasteiger partial charge in [0.15, 0.2) is 0 Å². The number of carbonyl (C=O) groups is 1. The molecule has 14 heavy (non-hydrogen) atoms. The van der Waals surface area contributed by atoms with E-state index in [9.17, 15) is 4.79 Å². The molecular formula is C10H20N2O2. The number of carbonyl (C=O) groups excluding carboxylic acids is 1. The molecule has 1 heterocycles. The molecule has 1 fully saturated rings. The number of ether oxygens (including phenoxy) is 1. The second-order valence-electron chi connectivity index (χ2n) is 3.63. The fraction of sp³-hybridized carbons (Fsp3) is 0.900. The molecule has 4 heteroatoms. The zero-order valence-corrected chi connectivity index (χ0v) is 8.84. The molecule has 82 valence electrons. The van der Waals surface area contributed by atoms with Crippen LogP contribution in [0.25, 0.3) is 0 Å². The molecule has 0 aliphatic carbocycles. The molecule has 2 N–H and O–H groups in total. The highest BCUT2D eigenvalue weighted by molar-refractivity contribution is 5.76. The highest BCUT2D eigenvalue weighted by atomic mass is 16.5. The minimum absolute atomic E-state index is 0.126. The van der Waals surface area contributed by atoms with Crippen LogP contribution in [0.1, 0.15) is 26.2 Å². The van der Waals surface area contributed by atoms with Gasteiger partial charge < -0.3 is 15.4 Å². The Hall–Kier alpha value is -0.610. The summed E-state index contributed by atoms with van der Waals surface area (Å²) < 4.78 is 5.27. The van der Waals surface area contributed by atoms with Crippen molar-refractivity contribution in [3.8, 4) is 0 Å². The molecule has 0 saturated carbocycles. The maximum Gasteiger partial charge on any atom is 0.221 e. The van der Waals surface area contributed by atoms with Crippen LogP contribution in [0.15, 0.2) is 0 Å². The minimum Gasteiger partial charge on any atom is -0.378 e. The van der Waals surface area contributed by atoms with Crippen LogP contribution in [0.4, 0.5) is 0 Å². The summed E-state index contributed by atoms with van der Waals surface area (Å²) in [5.41, 5.74) is 0. The summed E-state index contributed by atoms with van der Waals surface area (Å²) in [6, 6.07) is 0.199. The van der Waals surface area contributed by atoms with Crippen molar-refractivity contribution in [1.82, 2.24) is 10.6 Å². The molecule has 0 spiro atoms. The first kappa shape index (κ1) is 11.5. The Kier molecular flexibility index (Phi) is 5.56. The summed E-state index contributed by atoms with van der Waals surface area (Å²) in [7, 11) is 0. The van der Waals surface area contributed by atoms with E-state index in [1.54, 1.807) is 0 Å². The van der Waals surface area contributed by atoms with E-state index in [1.807, 2.05) is 0 Å². The SMILES string of the molecule is CCCCNC(=O)CC1COCCN1. The minimum atomic E-state index is 0.126. The number of hydrogen-bond donors (Lipinski definition) is 2. The second-order valence-corrected chi connectivity index (χ2v) is 3.63. The largest absolute Gasteiger partial charge is 0.378 e. The van der Waals surface area contributed by atoms with Gasteiger partial charge in [-0.2, -0.15) is 0 Å². The lowest BCUT2D eigenvalue weighted by atomic mass is 10.2. The number of hydrogen-bond acceptors (Lipinski definition) is 3. The van der Waals surface area contributed by atoms with Crippen molar-refractivity contribution in [2.45, 2.75) is 32.2 Å². The molecule has 1 saturated heterocycles. The number of rotatable bonds is 5. The normalized spacial score (nSPS) is 21.9. The van der Waals surface area contributed by atoms with Gasteiger partial charge in [-0.15, -0.1) is 0 Å². The standard InChI is InChI=1S/C10H20N2O2/c1-2-3-4-12-10(13)7-9-8-14-6-5-11-9/h9,11H,2-8H2,1H3,(H,12,13). The van der Waals surface area contributed by atoms with Gasteiger partial charge in [0.1, 0.15) is 0 Å². The summed E-state index contributed by atoms with van der Waals surface area (Å²) in [5.74, 6) is 0.126. The molecule has 1 unspecified atom stereocenters. The number of unbranched alkanes of at least 4 members (excludes halogenated alkanes) is 1. The molecule has 1 atom stereocenters. The van der Waals surface area contributed by atoms with Crippen molar-refractivity contribution in [2.75, 3.05) is 26.3 Å². The van der Waals surface area contributed by atoms with Crippen molar-refractivity contribution in [3.63, 3.8) is 0 Å². The van der Waals surface area contributed by atoms with Gasteiger partial charge in [0.05, 0.1) is 13.2 Å². The monoisotopic (exact) mass is 200 g/mol. The lowest BCUT2D eigenvalue weighted by molar-refractivity contribution is -0.122. The van der Waals surface area contributed by atoms with Gasteiger partial charge in [-0.3, -0.25) is 4.79 Å². The van der Waals surface area contributed by atoms with Crippen molar-refractivity contribution in [3.05, 3.63) is 0 Å². The molecule has 1 aliphatic rings. The van der Waals surface area contributed by atoms with Crippen molar-refractivity contribution < 1.29 is 9.53 Å². The summed E-state index contributed by atoms with van der Waals surface area (Å²) in [6.45, 7) is 5.17. The van der Waals surface area contributed by atoms with Gasteiger partial charge in [0.2, 0.25) is 5.91 Å². The molecule has 0 aromatic heterocycles. The van der Waals surface area contributed by atoms with E-state index in [4.69, 9.17) is 4.74 Å². The van der Waals surface area contributed by atoms with Crippen LogP contribution in [0.5, 0.6) is 0 Å². The molecule has 0 radical (unpaired) electrons. The van der Waals surface area contributed by atoms with E-state index < -0.39 is 0 Å². The number of nitrogens with one attached hydrogen (secondary N) is 2. The van der Waals surface area contributed by atoms with E-state index in [-0.39, 0.29) is 11.9 Å². The molecule has 0 aromatic carbocycles. The van der Waals surface area contributed by atoms with Gasteiger partial charge >= 0.3 is 0 Å². The third kappa shape index (κ3) is 4.58. The lowest BCUT2D eigenvalue weighted by Gasteiger charge is -2.23. The summed E-state index contributed by atoms with van der Waals surface area (Å²) in [6.07, 6.45) is 2.70. The molecular weight excluding hydrogens is 180 g/mol. The van der Waals surface area contributed by atoms with Gasteiger partial charge in [-0.1, -0.05) is 13.3 Å². The first-order valence-corrected chi connectivity index (χ1v) is 5.40. The molecule has 1 rings (SSSR count). The van der Waals surface area contributed by atoms with Crippen LogP contribution < -0.4 is 10.6 Å². The molecule has 0 aromatic rings. The Bertz CT molecular complexity index is 168. The fourth-order valence-corrected chi connectivity index (χ4v) is 1.45. The zero-order chi connectivity index (χ0) is 10.2. The average molecular weight is 200 g/mol. The molecule has 0 bridgehead atoms. The van der Waals surface area contributed by atoms with E-state index in [0.29, 0.717) is 13.0 Å². The van der Waals surface area contributed by atoms with Crippen molar-refractivity contribution in [2.24, 2.45) is 0 Å². The maximum atomic E-state index is 11.4. The van der Waals surface area contributed by atoms with Crippen LogP contribution in [-0.2, 0) is 9.53 Å². The van der Waals surface area contributed by atoms with Crippen molar-refractivity contribution >= 4 is 5.91 Å². The second kappa shape index (κ2) is 6.79. The Balaban J connectivity index is 2.06. The Morgan fingerprint density at radius 1 is 1.64 bits per heavy atom. The summed E-state index contributed by atoms with van der Waals surface area (Å²) in [5, 5.41) is 6.15. The topological polar surface area (TPSA) is 50.4 Å². The third-order valence-corrected chi connectivity index (χ3v) is 2.28. The van der Waals surface area contributed by atoms with Gasteiger partial charge in [0, 0.05) is 25.6 Å². The average Bonchev–Trinajstić information content (AvgIpc) is 2.20. The van der Waals surface area contributed by atoms with Crippen LogP contribution in [0, 0.1) is 0 Å². The predicted octanol–water partition coefficient (Wildman–Crippen LogP) is 0.281. The van der Waals surface area contributed by atoms with E-state index >= 15 is 0 Å². The Labute approximate surface area is 85.4 Å². The van der Waals surface area contributed by atoms with E-state index in [2.05, 4.69) is 17.6 Å². The van der Waals surface area contributed by atoms with Crippen LogP contribution >= 0.6 is 0 Å². The Morgan fingerprint density at radius 3 is 3.14 bits per heavy atom.